The van der Waals surface area contributed by atoms with E-state index in [0.29, 0.717) is 18.4 Å². The molecule has 2 atom stereocenters. The van der Waals surface area contributed by atoms with E-state index in [-0.39, 0.29) is 5.91 Å². The zero-order valence-corrected chi connectivity index (χ0v) is 18.5. The fourth-order valence-electron chi connectivity index (χ4n) is 4.57. The third-order valence-electron chi connectivity index (χ3n) is 6.09. The first-order chi connectivity index (χ1) is 15.1. The van der Waals surface area contributed by atoms with Crippen LogP contribution in [0, 0.1) is 0 Å². The molecule has 2 aromatic carbocycles. The van der Waals surface area contributed by atoms with Gasteiger partial charge in [-0.3, -0.25) is 9.78 Å². The lowest BCUT2D eigenvalue weighted by Crippen LogP contribution is -2.34. The van der Waals surface area contributed by atoms with Crippen molar-refractivity contribution < 1.29 is 4.79 Å². The molecule has 0 saturated carbocycles. The normalized spacial score (nSPS) is 18.5. The Labute approximate surface area is 189 Å². The van der Waals surface area contributed by atoms with Crippen molar-refractivity contribution in [3.8, 4) is 11.1 Å². The average molecular weight is 434 g/mol. The predicted molar refractivity (Wildman–Crippen MR) is 126 cm³/mol. The number of benzene rings is 2. The third kappa shape index (κ3) is 5.15. The van der Waals surface area contributed by atoms with Crippen LogP contribution in [0.1, 0.15) is 41.9 Å². The number of carbonyl (C=O) groups is 1. The van der Waals surface area contributed by atoms with Crippen LogP contribution in [0.4, 0.5) is 0 Å². The van der Waals surface area contributed by atoms with Crippen LogP contribution in [0.25, 0.3) is 11.1 Å². The van der Waals surface area contributed by atoms with Crippen molar-refractivity contribution >= 4 is 17.5 Å². The lowest BCUT2D eigenvalue weighted by molar-refractivity contribution is -0.118. The summed E-state index contributed by atoms with van der Waals surface area (Å²) >= 11 is 6.86. The Morgan fingerprint density at radius 1 is 1.16 bits per heavy atom. The Morgan fingerprint density at radius 2 is 2.03 bits per heavy atom. The van der Waals surface area contributed by atoms with Crippen LogP contribution in [-0.4, -0.2) is 30.5 Å². The van der Waals surface area contributed by atoms with E-state index in [1.165, 1.54) is 16.7 Å². The number of halogens is 1. The van der Waals surface area contributed by atoms with E-state index in [2.05, 4.69) is 52.0 Å². The number of rotatable bonds is 6. The molecular formula is C26H28ClN3O. The second-order valence-corrected chi connectivity index (χ2v) is 8.53. The maximum absolute atomic E-state index is 11.2. The highest BCUT2D eigenvalue weighted by Gasteiger charge is 2.29. The van der Waals surface area contributed by atoms with E-state index in [4.69, 9.17) is 11.6 Å². The highest BCUT2D eigenvalue weighted by atomic mass is 35.5. The second kappa shape index (κ2) is 10.1. The summed E-state index contributed by atoms with van der Waals surface area (Å²) in [5, 5.41) is 7.22. The van der Waals surface area contributed by atoms with Gasteiger partial charge < -0.3 is 10.6 Å². The van der Waals surface area contributed by atoms with E-state index in [0.717, 1.165) is 42.1 Å². The van der Waals surface area contributed by atoms with E-state index in [9.17, 15) is 4.79 Å². The first-order valence-electron chi connectivity index (χ1n) is 10.9. The number of nitrogens with zero attached hydrogens (tertiary/aromatic N) is 1. The molecule has 5 heteroatoms. The lowest BCUT2D eigenvalue weighted by Gasteiger charge is -2.33. The molecule has 1 amide bonds. The maximum atomic E-state index is 11.2. The van der Waals surface area contributed by atoms with E-state index >= 15 is 0 Å². The van der Waals surface area contributed by atoms with Gasteiger partial charge in [0.25, 0.3) is 0 Å². The Hall–Kier alpha value is -2.69. The molecule has 1 saturated heterocycles. The summed E-state index contributed by atoms with van der Waals surface area (Å²) in [7, 11) is 0. The summed E-state index contributed by atoms with van der Waals surface area (Å²) in [6.07, 6.45) is 5.66. The van der Waals surface area contributed by atoms with Gasteiger partial charge in [-0.1, -0.05) is 54.1 Å². The summed E-state index contributed by atoms with van der Waals surface area (Å²) in [6.45, 7) is 4.08. The molecule has 1 aliphatic heterocycles. The number of piperidine rings is 1. The van der Waals surface area contributed by atoms with Crippen molar-refractivity contribution in [1.29, 1.82) is 0 Å². The molecule has 4 rings (SSSR count). The van der Waals surface area contributed by atoms with Crippen molar-refractivity contribution in [2.24, 2.45) is 0 Å². The number of amides is 1. The number of pyridine rings is 1. The van der Waals surface area contributed by atoms with Gasteiger partial charge in [0.05, 0.1) is 0 Å². The van der Waals surface area contributed by atoms with Crippen LogP contribution in [0.15, 0.2) is 67.0 Å². The molecule has 1 aromatic heterocycles. The van der Waals surface area contributed by atoms with Crippen LogP contribution < -0.4 is 10.6 Å². The zero-order chi connectivity index (χ0) is 21.6. The molecule has 0 radical (unpaired) electrons. The van der Waals surface area contributed by atoms with Gasteiger partial charge in [0.1, 0.15) is 0 Å². The predicted octanol–water partition coefficient (Wildman–Crippen LogP) is 4.94. The Kier molecular flexibility index (Phi) is 7.00. The molecular weight excluding hydrogens is 406 g/mol. The van der Waals surface area contributed by atoms with Crippen molar-refractivity contribution in [1.82, 2.24) is 15.6 Å². The first kappa shape index (κ1) is 21.5. The van der Waals surface area contributed by atoms with Crippen molar-refractivity contribution in [2.75, 3.05) is 19.6 Å². The smallest absolute Gasteiger partial charge is 0.216 e. The molecule has 0 bridgehead atoms. The van der Waals surface area contributed by atoms with Crippen LogP contribution in [0.5, 0.6) is 0 Å². The molecule has 0 spiro atoms. The minimum absolute atomic E-state index is 0.00543. The summed E-state index contributed by atoms with van der Waals surface area (Å²) in [5.41, 5.74) is 5.92. The number of carbonyl (C=O) groups excluding carboxylic acids is 1. The minimum Gasteiger partial charge on any atom is -0.356 e. The summed E-state index contributed by atoms with van der Waals surface area (Å²) in [5.74, 6) is 0.715. The Bertz CT molecular complexity index is 1040. The fourth-order valence-corrected chi connectivity index (χ4v) is 4.89. The summed E-state index contributed by atoms with van der Waals surface area (Å²) in [6, 6.07) is 18.9. The third-order valence-corrected chi connectivity index (χ3v) is 6.42. The zero-order valence-electron chi connectivity index (χ0n) is 17.8. The number of nitrogens with one attached hydrogen (secondary N) is 2. The molecule has 4 nitrogen and oxygen atoms in total. The maximum Gasteiger partial charge on any atom is 0.216 e. The van der Waals surface area contributed by atoms with Gasteiger partial charge in [0.2, 0.25) is 5.91 Å². The van der Waals surface area contributed by atoms with Crippen LogP contribution >= 0.6 is 11.6 Å². The standard InChI is InChI=1S/C26H28ClN3O/c1-18(31)30-14-10-19-5-2-3-7-22(19)20-8-9-24(26(27)15-20)25-17-29-13-11-23(25)21-6-4-12-28-16-21/h2-9,12,15-16,23,25,29H,10-11,13-14,17H2,1H3,(H,30,31). The van der Waals surface area contributed by atoms with E-state index in [1.54, 1.807) is 6.92 Å². The van der Waals surface area contributed by atoms with Gasteiger partial charge in [0, 0.05) is 43.3 Å². The van der Waals surface area contributed by atoms with Gasteiger partial charge in [-0.05, 0) is 65.3 Å². The second-order valence-electron chi connectivity index (χ2n) is 8.12. The van der Waals surface area contributed by atoms with Gasteiger partial charge in [0.15, 0.2) is 0 Å². The topological polar surface area (TPSA) is 54.0 Å². The monoisotopic (exact) mass is 433 g/mol. The highest BCUT2D eigenvalue weighted by Crippen LogP contribution is 2.41. The van der Waals surface area contributed by atoms with Gasteiger partial charge in [-0.15, -0.1) is 0 Å². The SMILES string of the molecule is CC(=O)NCCc1ccccc1-c1ccc(C2CNCCC2c2cccnc2)c(Cl)c1. The first-order valence-corrected chi connectivity index (χ1v) is 11.2. The molecule has 2 unspecified atom stereocenters. The van der Waals surface area contributed by atoms with Crippen molar-refractivity contribution in [3.05, 3.63) is 88.7 Å². The molecule has 3 aromatic rings. The van der Waals surface area contributed by atoms with Crippen LogP contribution in [-0.2, 0) is 11.2 Å². The highest BCUT2D eigenvalue weighted by molar-refractivity contribution is 6.31. The molecule has 2 N–H and O–H groups in total. The van der Waals surface area contributed by atoms with Crippen molar-refractivity contribution in [2.45, 2.75) is 31.6 Å². The molecule has 31 heavy (non-hydrogen) atoms. The average Bonchev–Trinajstić information content (AvgIpc) is 2.80. The van der Waals surface area contributed by atoms with E-state index < -0.39 is 0 Å². The van der Waals surface area contributed by atoms with Gasteiger partial charge >= 0.3 is 0 Å². The Morgan fingerprint density at radius 3 is 2.81 bits per heavy atom. The largest absolute Gasteiger partial charge is 0.356 e. The van der Waals surface area contributed by atoms with Gasteiger partial charge in [-0.25, -0.2) is 0 Å². The molecule has 2 heterocycles. The number of hydrogen-bond acceptors (Lipinski definition) is 3. The lowest BCUT2D eigenvalue weighted by atomic mass is 9.77. The fraction of sp³-hybridized carbons (Fsp3) is 0.308. The quantitative estimate of drug-likeness (QED) is 0.578. The van der Waals surface area contributed by atoms with E-state index in [1.807, 2.05) is 30.6 Å². The molecule has 0 aliphatic carbocycles. The number of aromatic nitrogens is 1. The number of hydrogen-bond donors (Lipinski definition) is 2. The summed E-state index contributed by atoms with van der Waals surface area (Å²) in [4.78, 5) is 15.5. The summed E-state index contributed by atoms with van der Waals surface area (Å²) < 4.78 is 0. The Balaban J connectivity index is 1.61. The van der Waals surface area contributed by atoms with Crippen LogP contribution in [0.2, 0.25) is 5.02 Å². The van der Waals surface area contributed by atoms with Gasteiger partial charge in [-0.2, -0.15) is 0 Å². The van der Waals surface area contributed by atoms with Crippen LogP contribution in [0.3, 0.4) is 0 Å². The minimum atomic E-state index is -0.00543. The molecule has 1 aliphatic rings. The molecule has 160 valence electrons. The van der Waals surface area contributed by atoms with Crippen molar-refractivity contribution in [3.63, 3.8) is 0 Å². The molecule has 1 fully saturated rings.